The Morgan fingerprint density at radius 3 is 2.68 bits per heavy atom. The highest BCUT2D eigenvalue weighted by atomic mass is 32.1. The number of carbonyl (C=O) groups is 1. The van der Waals surface area contributed by atoms with Crippen LogP contribution in [0, 0.1) is 0 Å². The molecule has 2 aromatic heterocycles. The van der Waals surface area contributed by atoms with Crippen molar-refractivity contribution in [1.82, 2.24) is 4.90 Å². The van der Waals surface area contributed by atoms with Crippen LogP contribution < -0.4 is 4.74 Å². The van der Waals surface area contributed by atoms with Gasteiger partial charge in [-0.15, -0.1) is 11.3 Å². The second kappa shape index (κ2) is 8.53. The van der Waals surface area contributed by atoms with Crippen molar-refractivity contribution < 1.29 is 13.9 Å². The maximum absolute atomic E-state index is 13.0. The van der Waals surface area contributed by atoms with E-state index in [1.165, 1.54) is 4.88 Å². The average Bonchev–Trinajstić information content (AvgIpc) is 3.33. The maximum atomic E-state index is 13.0. The number of thiophene rings is 1. The number of nitrogens with zero attached hydrogens (tertiary/aromatic N) is 1. The van der Waals surface area contributed by atoms with E-state index in [9.17, 15) is 4.79 Å². The van der Waals surface area contributed by atoms with Crippen LogP contribution in [-0.4, -0.2) is 24.0 Å². The molecular weight excluding hydrogens is 334 g/mol. The molecular formula is C20H21NO3S. The molecule has 0 aliphatic heterocycles. The van der Waals surface area contributed by atoms with Gasteiger partial charge in [0.2, 0.25) is 0 Å². The summed E-state index contributed by atoms with van der Waals surface area (Å²) in [7, 11) is 0. The van der Waals surface area contributed by atoms with Crippen LogP contribution in [0.25, 0.3) is 0 Å². The van der Waals surface area contributed by atoms with Gasteiger partial charge < -0.3 is 14.1 Å². The largest absolute Gasteiger partial charge is 0.494 e. The maximum Gasteiger partial charge on any atom is 0.254 e. The summed E-state index contributed by atoms with van der Waals surface area (Å²) in [6, 6.07) is 13.3. The normalized spacial score (nSPS) is 10.6. The van der Waals surface area contributed by atoms with Crippen molar-refractivity contribution in [3.05, 3.63) is 76.4 Å². The lowest BCUT2D eigenvalue weighted by molar-refractivity contribution is 0.0745. The zero-order chi connectivity index (χ0) is 17.5. The van der Waals surface area contributed by atoms with Crippen LogP contribution in [0.4, 0.5) is 0 Å². The molecule has 3 aromatic rings. The van der Waals surface area contributed by atoms with E-state index in [0.717, 1.165) is 17.7 Å². The molecule has 0 radical (unpaired) electrons. The molecule has 0 saturated carbocycles. The number of hydrogen-bond acceptors (Lipinski definition) is 4. The number of rotatable bonds is 8. The number of carbonyl (C=O) groups excluding carboxylic acids is 1. The van der Waals surface area contributed by atoms with Gasteiger partial charge in [-0.05, 0) is 55.1 Å². The molecule has 0 unspecified atom stereocenters. The lowest BCUT2D eigenvalue weighted by Crippen LogP contribution is -2.32. The number of furan rings is 1. The Labute approximate surface area is 151 Å². The molecule has 3 rings (SSSR count). The van der Waals surface area contributed by atoms with E-state index < -0.39 is 0 Å². The van der Waals surface area contributed by atoms with Crippen molar-refractivity contribution in [2.45, 2.75) is 19.9 Å². The minimum absolute atomic E-state index is 0.0146. The van der Waals surface area contributed by atoms with E-state index in [4.69, 9.17) is 9.15 Å². The molecule has 25 heavy (non-hydrogen) atoms. The van der Waals surface area contributed by atoms with Gasteiger partial charge >= 0.3 is 0 Å². The fourth-order valence-electron chi connectivity index (χ4n) is 2.60. The Morgan fingerprint density at radius 2 is 2.04 bits per heavy atom. The van der Waals surface area contributed by atoms with Crippen molar-refractivity contribution in [3.63, 3.8) is 0 Å². The van der Waals surface area contributed by atoms with E-state index in [-0.39, 0.29) is 5.91 Å². The third-order valence-corrected chi connectivity index (χ3v) is 4.80. The molecule has 0 saturated heterocycles. The minimum Gasteiger partial charge on any atom is -0.494 e. The van der Waals surface area contributed by atoms with Crippen molar-refractivity contribution in [3.8, 4) is 5.75 Å². The van der Waals surface area contributed by atoms with Gasteiger partial charge in [0.05, 0.1) is 19.1 Å². The van der Waals surface area contributed by atoms with Crippen LogP contribution in [0.15, 0.2) is 64.8 Å². The third kappa shape index (κ3) is 4.73. The van der Waals surface area contributed by atoms with E-state index in [0.29, 0.717) is 25.3 Å². The first kappa shape index (κ1) is 17.3. The Morgan fingerprint density at radius 1 is 1.20 bits per heavy atom. The molecule has 5 heteroatoms. The van der Waals surface area contributed by atoms with Crippen LogP contribution in [0.2, 0.25) is 0 Å². The SMILES string of the molecule is CCOc1ccc(C(=O)N(CCc2cccs2)Cc2ccoc2)cc1. The monoisotopic (exact) mass is 355 g/mol. The summed E-state index contributed by atoms with van der Waals surface area (Å²) in [4.78, 5) is 16.1. The highest BCUT2D eigenvalue weighted by Gasteiger charge is 2.17. The van der Waals surface area contributed by atoms with Gasteiger partial charge in [0.15, 0.2) is 0 Å². The topological polar surface area (TPSA) is 42.7 Å². The fourth-order valence-corrected chi connectivity index (χ4v) is 3.30. The second-order valence-corrected chi connectivity index (χ2v) is 6.68. The number of amides is 1. The first-order chi connectivity index (χ1) is 12.3. The highest BCUT2D eigenvalue weighted by molar-refractivity contribution is 7.09. The Bertz CT molecular complexity index is 764. The molecule has 0 fully saturated rings. The van der Waals surface area contributed by atoms with E-state index >= 15 is 0 Å². The number of benzene rings is 1. The van der Waals surface area contributed by atoms with Gasteiger partial charge in [-0.1, -0.05) is 6.07 Å². The average molecular weight is 355 g/mol. The van der Waals surface area contributed by atoms with Crippen molar-refractivity contribution >= 4 is 17.2 Å². The van der Waals surface area contributed by atoms with Gasteiger partial charge in [-0.2, -0.15) is 0 Å². The van der Waals surface area contributed by atoms with Gasteiger partial charge in [0.25, 0.3) is 5.91 Å². The standard InChI is InChI=1S/C20H21NO3S/c1-2-24-18-7-5-17(6-8-18)20(22)21(14-16-10-12-23-15-16)11-9-19-4-3-13-25-19/h3-8,10,12-13,15H,2,9,11,14H2,1H3. The van der Waals surface area contributed by atoms with Crippen molar-refractivity contribution in [2.24, 2.45) is 0 Å². The molecule has 2 heterocycles. The van der Waals surface area contributed by atoms with Crippen LogP contribution in [0.1, 0.15) is 27.7 Å². The van der Waals surface area contributed by atoms with Gasteiger partial charge in [-0.3, -0.25) is 4.79 Å². The molecule has 0 spiro atoms. The van der Waals surface area contributed by atoms with Gasteiger partial charge in [-0.25, -0.2) is 0 Å². The summed E-state index contributed by atoms with van der Waals surface area (Å²) >= 11 is 1.71. The Hall–Kier alpha value is -2.53. The molecule has 0 bridgehead atoms. The third-order valence-electron chi connectivity index (χ3n) is 3.86. The summed E-state index contributed by atoms with van der Waals surface area (Å²) in [6.07, 6.45) is 4.16. The first-order valence-electron chi connectivity index (χ1n) is 8.32. The molecule has 0 N–H and O–H groups in total. The van der Waals surface area contributed by atoms with Gasteiger partial charge in [0.1, 0.15) is 5.75 Å². The Balaban J connectivity index is 1.73. The molecule has 130 valence electrons. The highest BCUT2D eigenvalue weighted by Crippen LogP contribution is 2.17. The summed E-state index contributed by atoms with van der Waals surface area (Å²) in [5, 5.41) is 2.06. The van der Waals surface area contributed by atoms with Crippen molar-refractivity contribution in [1.29, 1.82) is 0 Å². The van der Waals surface area contributed by atoms with E-state index in [1.54, 1.807) is 23.9 Å². The zero-order valence-corrected chi connectivity index (χ0v) is 15.0. The van der Waals surface area contributed by atoms with Crippen LogP contribution in [0.3, 0.4) is 0 Å². The second-order valence-electron chi connectivity index (χ2n) is 5.65. The zero-order valence-electron chi connectivity index (χ0n) is 14.2. The summed E-state index contributed by atoms with van der Waals surface area (Å²) in [5.41, 5.74) is 1.66. The molecule has 1 amide bonds. The predicted octanol–water partition coefficient (Wildman–Crippen LogP) is 4.62. The van der Waals surface area contributed by atoms with Gasteiger partial charge in [0, 0.05) is 29.1 Å². The molecule has 1 aromatic carbocycles. The number of ether oxygens (including phenoxy) is 1. The minimum atomic E-state index is 0.0146. The first-order valence-corrected chi connectivity index (χ1v) is 9.20. The van der Waals surface area contributed by atoms with Crippen LogP contribution >= 0.6 is 11.3 Å². The molecule has 0 aliphatic carbocycles. The fraction of sp³-hybridized carbons (Fsp3) is 0.250. The molecule has 4 nitrogen and oxygen atoms in total. The summed E-state index contributed by atoms with van der Waals surface area (Å²) < 4.78 is 10.6. The van der Waals surface area contributed by atoms with E-state index in [1.807, 2.05) is 48.2 Å². The Kier molecular flexibility index (Phi) is 5.90. The van der Waals surface area contributed by atoms with Crippen molar-refractivity contribution in [2.75, 3.05) is 13.2 Å². The predicted molar refractivity (Wildman–Crippen MR) is 99.1 cm³/mol. The van der Waals surface area contributed by atoms with Crippen LogP contribution in [-0.2, 0) is 13.0 Å². The quantitative estimate of drug-likeness (QED) is 0.592. The lowest BCUT2D eigenvalue weighted by atomic mass is 10.1. The number of hydrogen-bond donors (Lipinski definition) is 0. The summed E-state index contributed by atoms with van der Waals surface area (Å²) in [6.45, 7) is 3.75. The van der Waals surface area contributed by atoms with E-state index in [2.05, 4.69) is 11.4 Å². The molecule has 0 aliphatic rings. The summed E-state index contributed by atoms with van der Waals surface area (Å²) in [5.74, 6) is 0.792. The smallest absolute Gasteiger partial charge is 0.254 e. The lowest BCUT2D eigenvalue weighted by Gasteiger charge is -2.22. The van der Waals surface area contributed by atoms with Crippen LogP contribution in [0.5, 0.6) is 5.75 Å². The molecule has 0 atom stereocenters.